The first-order valence-electron chi connectivity index (χ1n) is 5.29. The van der Waals surface area contributed by atoms with Crippen LogP contribution in [0.5, 0.6) is 5.75 Å². The third-order valence-electron chi connectivity index (χ3n) is 2.59. The highest BCUT2D eigenvalue weighted by atomic mass is 19.1. The third-order valence-corrected chi connectivity index (χ3v) is 2.59. The number of benzene rings is 2. The van der Waals surface area contributed by atoms with Crippen molar-refractivity contribution in [3.05, 3.63) is 53.8 Å². The maximum Gasteiger partial charge on any atom is 0.337 e. The lowest BCUT2D eigenvalue weighted by atomic mass is 10.0. The summed E-state index contributed by atoms with van der Waals surface area (Å²) in [5, 5.41) is 9.29. The third kappa shape index (κ3) is 2.32. The van der Waals surface area contributed by atoms with Crippen LogP contribution in [0.15, 0.2) is 42.5 Å². The van der Waals surface area contributed by atoms with Gasteiger partial charge in [-0.05, 0) is 35.4 Å². The zero-order valence-electron chi connectivity index (χ0n) is 9.68. The van der Waals surface area contributed by atoms with Crippen LogP contribution >= 0.6 is 0 Å². The van der Waals surface area contributed by atoms with Gasteiger partial charge in [-0.2, -0.15) is 0 Å². The molecule has 0 aliphatic heterocycles. The predicted molar refractivity (Wildman–Crippen MR) is 64.8 cm³/mol. The number of hydrogen-bond donors (Lipinski definition) is 1. The minimum atomic E-state index is -0.662. The molecule has 0 atom stereocenters. The quantitative estimate of drug-likeness (QED) is 0.828. The van der Waals surface area contributed by atoms with E-state index in [0.717, 1.165) is 5.56 Å². The Kier molecular flexibility index (Phi) is 3.28. The fraction of sp³-hybridized carbons (Fsp3) is 0.0714. The van der Waals surface area contributed by atoms with Gasteiger partial charge in [0, 0.05) is 0 Å². The summed E-state index contributed by atoms with van der Waals surface area (Å²) in [6.45, 7) is 0. The first-order chi connectivity index (χ1) is 8.61. The molecule has 0 amide bonds. The molecule has 2 aromatic carbocycles. The zero-order chi connectivity index (χ0) is 13.1. The molecule has 0 aromatic heterocycles. The van der Waals surface area contributed by atoms with Crippen LogP contribution in [0, 0.1) is 5.82 Å². The van der Waals surface area contributed by atoms with Crippen LogP contribution in [0.2, 0.25) is 0 Å². The fourth-order valence-electron chi connectivity index (χ4n) is 1.61. The molecule has 0 aliphatic rings. The average molecular weight is 246 g/mol. The summed E-state index contributed by atoms with van der Waals surface area (Å²) in [4.78, 5) is 11.2. The lowest BCUT2D eigenvalue weighted by Crippen LogP contribution is -2.00. The number of esters is 1. The van der Waals surface area contributed by atoms with Gasteiger partial charge in [-0.3, -0.25) is 0 Å². The molecule has 1 N–H and O–H groups in total. The Morgan fingerprint density at radius 3 is 2.28 bits per heavy atom. The van der Waals surface area contributed by atoms with Crippen LogP contribution in [-0.2, 0) is 4.74 Å². The van der Waals surface area contributed by atoms with Gasteiger partial charge in [0.25, 0.3) is 0 Å². The Bertz CT molecular complexity index is 576. The molecule has 0 aliphatic carbocycles. The van der Waals surface area contributed by atoms with E-state index in [2.05, 4.69) is 4.74 Å². The fourth-order valence-corrected chi connectivity index (χ4v) is 1.61. The molecule has 2 aromatic rings. The van der Waals surface area contributed by atoms with Gasteiger partial charge in [-0.25, -0.2) is 9.18 Å². The summed E-state index contributed by atoms with van der Waals surface area (Å²) in [6.07, 6.45) is 0. The number of rotatable bonds is 2. The zero-order valence-corrected chi connectivity index (χ0v) is 9.68. The number of halogens is 1. The van der Waals surface area contributed by atoms with Crippen molar-refractivity contribution in [2.45, 2.75) is 0 Å². The van der Waals surface area contributed by atoms with E-state index in [-0.39, 0.29) is 0 Å². The monoisotopic (exact) mass is 246 g/mol. The van der Waals surface area contributed by atoms with E-state index in [1.165, 1.54) is 19.2 Å². The standard InChI is InChI=1S/C14H11FO3/c1-18-14(17)10-4-2-9(3-5-10)11-6-7-12(15)13(16)8-11/h2-8,16H,1H3. The van der Waals surface area contributed by atoms with Crippen LogP contribution in [0.4, 0.5) is 4.39 Å². The smallest absolute Gasteiger partial charge is 0.337 e. The number of aromatic hydroxyl groups is 1. The Morgan fingerprint density at radius 2 is 1.72 bits per heavy atom. The van der Waals surface area contributed by atoms with Crippen LogP contribution < -0.4 is 0 Å². The van der Waals surface area contributed by atoms with Crippen LogP contribution in [0.1, 0.15) is 10.4 Å². The second-order valence-electron chi connectivity index (χ2n) is 3.74. The highest BCUT2D eigenvalue weighted by Crippen LogP contribution is 2.25. The van der Waals surface area contributed by atoms with Gasteiger partial charge in [0.1, 0.15) is 0 Å². The Hall–Kier alpha value is -2.36. The van der Waals surface area contributed by atoms with Gasteiger partial charge in [0.15, 0.2) is 11.6 Å². The van der Waals surface area contributed by atoms with E-state index in [0.29, 0.717) is 11.1 Å². The largest absolute Gasteiger partial charge is 0.505 e. The Balaban J connectivity index is 2.34. The molecule has 4 heteroatoms. The van der Waals surface area contributed by atoms with Gasteiger partial charge in [0.2, 0.25) is 0 Å². The second kappa shape index (κ2) is 4.87. The van der Waals surface area contributed by atoms with Crippen molar-refractivity contribution in [1.82, 2.24) is 0 Å². The second-order valence-corrected chi connectivity index (χ2v) is 3.74. The van der Waals surface area contributed by atoms with Gasteiger partial charge < -0.3 is 9.84 Å². The van der Waals surface area contributed by atoms with Crippen molar-refractivity contribution < 1.29 is 19.0 Å². The minimum Gasteiger partial charge on any atom is -0.505 e. The molecule has 0 heterocycles. The Labute approximate surface area is 103 Å². The molecule has 3 nitrogen and oxygen atoms in total. The summed E-state index contributed by atoms with van der Waals surface area (Å²) < 4.78 is 17.5. The molecule has 0 fully saturated rings. The first kappa shape index (κ1) is 12.1. The Morgan fingerprint density at radius 1 is 1.11 bits per heavy atom. The van der Waals surface area contributed by atoms with E-state index >= 15 is 0 Å². The number of methoxy groups -OCH3 is 1. The number of hydrogen-bond acceptors (Lipinski definition) is 3. The molecule has 92 valence electrons. The molecule has 0 bridgehead atoms. The van der Waals surface area contributed by atoms with Crippen molar-refractivity contribution in [2.75, 3.05) is 7.11 Å². The van der Waals surface area contributed by atoms with Gasteiger partial charge in [0.05, 0.1) is 12.7 Å². The molecule has 0 spiro atoms. The summed E-state index contributed by atoms with van der Waals surface area (Å²) in [5.74, 6) is -1.47. The topological polar surface area (TPSA) is 46.5 Å². The van der Waals surface area contributed by atoms with E-state index in [1.54, 1.807) is 30.3 Å². The van der Waals surface area contributed by atoms with Gasteiger partial charge in [-0.1, -0.05) is 18.2 Å². The number of carbonyl (C=O) groups is 1. The first-order valence-corrected chi connectivity index (χ1v) is 5.29. The highest BCUT2D eigenvalue weighted by molar-refractivity contribution is 5.90. The number of phenols is 1. The summed E-state index contributed by atoms with van der Waals surface area (Å²) in [5.41, 5.74) is 1.89. The van der Waals surface area contributed by atoms with Gasteiger partial charge >= 0.3 is 5.97 Å². The van der Waals surface area contributed by atoms with Crippen molar-refractivity contribution in [1.29, 1.82) is 0 Å². The normalized spacial score (nSPS) is 10.1. The minimum absolute atomic E-state index is 0.399. The molecular formula is C14H11FO3. The van der Waals surface area contributed by atoms with E-state index < -0.39 is 17.5 Å². The predicted octanol–water partition coefficient (Wildman–Crippen LogP) is 2.98. The average Bonchev–Trinajstić information content (AvgIpc) is 2.41. The van der Waals surface area contributed by atoms with Crippen molar-refractivity contribution in [3.63, 3.8) is 0 Å². The maximum absolute atomic E-state index is 12.9. The van der Waals surface area contributed by atoms with Crippen molar-refractivity contribution >= 4 is 5.97 Å². The van der Waals surface area contributed by atoms with E-state index in [4.69, 9.17) is 0 Å². The molecule has 18 heavy (non-hydrogen) atoms. The lowest BCUT2D eigenvalue weighted by Gasteiger charge is -2.04. The maximum atomic E-state index is 12.9. The molecule has 0 radical (unpaired) electrons. The lowest BCUT2D eigenvalue weighted by molar-refractivity contribution is 0.0601. The molecular weight excluding hydrogens is 235 g/mol. The highest BCUT2D eigenvalue weighted by Gasteiger charge is 2.07. The SMILES string of the molecule is COC(=O)c1ccc(-c2ccc(F)c(O)c2)cc1. The number of ether oxygens (including phenoxy) is 1. The van der Waals surface area contributed by atoms with Crippen LogP contribution in [0.25, 0.3) is 11.1 Å². The number of carbonyl (C=O) groups excluding carboxylic acids is 1. The number of phenolic OH excluding ortho intramolecular Hbond substituents is 1. The molecule has 2 rings (SSSR count). The summed E-state index contributed by atoms with van der Waals surface area (Å²) in [7, 11) is 1.31. The van der Waals surface area contributed by atoms with Crippen molar-refractivity contribution in [3.8, 4) is 16.9 Å². The van der Waals surface area contributed by atoms with E-state index in [9.17, 15) is 14.3 Å². The molecule has 0 saturated heterocycles. The van der Waals surface area contributed by atoms with Crippen molar-refractivity contribution in [2.24, 2.45) is 0 Å². The van der Waals surface area contributed by atoms with E-state index in [1.807, 2.05) is 0 Å². The van der Waals surface area contributed by atoms with Crippen LogP contribution in [0.3, 0.4) is 0 Å². The summed E-state index contributed by atoms with van der Waals surface area (Å²) in [6, 6.07) is 10.7. The summed E-state index contributed by atoms with van der Waals surface area (Å²) >= 11 is 0. The van der Waals surface area contributed by atoms with Crippen LogP contribution in [-0.4, -0.2) is 18.2 Å². The molecule has 0 unspecified atom stereocenters. The van der Waals surface area contributed by atoms with Gasteiger partial charge in [-0.15, -0.1) is 0 Å². The molecule has 0 saturated carbocycles.